The molecule has 0 spiro atoms. The van der Waals surface area contributed by atoms with E-state index in [1.807, 2.05) is 17.6 Å². The highest BCUT2D eigenvalue weighted by atomic mass is 79.9. The van der Waals surface area contributed by atoms with E-state index in [0.29, 0.717) is 16.4 Å². The number of halogens is 1. The summed E-state index contributed by atoms with van der Waals surface area (Å²) in [5, 5.41) is 6.08. The van der Waals surface area contributed by atoms with Gasteiger partial charge in [-0.2, -0.15) is 0 Å². The normalized spacial score (nSPS) is 11.5. The summed E-state index contributed by atoms with van der Waals surface area (Å²) in [6.45, 7) is 0. The number of hydrogen-bond acceptors (Lipinski definition) is 6. The zero-order chi connectivity index (χ0) is 21.3. The van der Waals surface area contributed by atoms with Gasteiger partial charge in [-0.1, -0.05) is 12.1 Å². The number of rotatable bonds is 6. The Morgan fingerprint density at radius 3 is 2.93 bits per heavy atom. The van der Waals surface area contributed by atoms with Gasteiger partial charge >= 0.3 is 0 Å². The lowest BCUT2D eigenvalue weighted by atomic mass is 10.1. The van der Waals surface area contributed by atoms with Gasteiger partial charge in [0.25, 0.3) is 0 Å². The van der Waals surface area contributed by atoms with Gasteiger partial charge < -0.3 is 10.3 Å². The number of sulfonamides is 1. The zero-order valence-corrected chi connectivity index (χ0v) is 18.9. The van der Waals surface area contributed by atoms with E-state index in [1.54, 1.807) is 30.5 Å². The molecule has 11 heteroatoms. The van der Waals surface area contributed by atoms with Crippen molar-refractivity contribution in [2.45, 2.75) is 6.42 Å². The molecule has 3 aromatic heterocycles. The first-order chi connectivity index (χ1) is 14.3. The van der Waals surface area contributed by atoms with Gasteiger partial charge in [0.15, 0.2) is 5.13 Å². The number of nitrogens with one attached hydrogen (secondary N) is 3. The van der Waals surface area contributed by atoms with E-state index in [-0.39, 0.29) is 12.3 Å². The van der Waals surface area contributed by atoms with Gasteiger partial charge in [0.2, 0.25) is 15.9 Å². The monoisotopic (exact) mass is 505 g/mol. The predicted octanol–water partition coefficient (Wildman–Crippen LogP) is 4.00. The molecule has 0 bridgehead atoms. The van der Waals surface area contributed by atoms with Crippen LogP contribution in [0.4, 0.5) is 10.8 Å². The summed E-state index contributed by atoms with van der Waals surface area (Å²) >= 11 is 4.75. The number of aromatic nitrogens is 3. The standard InChI is InChI=1S/C19H16BrN5O3S2/c1-30(27,28)25-13-4-2-3-11(5-13)6-17(26)24-19-23-16(10-29-19)15-9-22-18-14(15)7-12(20)8-21-18/h2-5,7-10,25H,6H2,1H3,(H,21,22)(H,23,24,26). The van der Waals surface area contributed by atoms with E-state index in [0.717, 1.165) is 33.0 Å². The minimum atomic E-state index is -3.38. The van der Waals surface area contributed by atoms with Crippen molar-refractivity contribution in [3.63, 3.8) is 0 Å². The van der Waals surface area contributed by atoms with Crippen molar-refractivity contribution in [3.05, 3.63) is 58.1 Å². The smallest absolute Gasteiger partial charge is 0.230 e. The molecule has 4 aromatic rings. The highest BCUT2D eigenvalue weighted by molar-refractivity contribution is 9.10. The van der Waals surface area contributed by atoms with Crippen molar-refractivity contribution < 1.29 is 13.2 Å². The molecule has 0 aliphatic heterocycles. The Balaban J connectivity index is 1.47. The molecule has 1 amide bonds. The number of thiazole rings is 1. The van der Waals surface area contributed by atoms with Gasteiger partial charge in [0, 0.05) is 38.9 Å². The first kappa shape index (κ1) is 20.5. The Bertz CT molecular complexity index is 1350. The fourth-order valence-electron chi connectivity index (χ4n) is 2.95. The Kier molecular flexibility index (Phi) is 5.58. The zero-order valence-electron chi connectivity index (χ0n) is 15.6. The summed E-state index contributed by atoms with van der Waals surface area (Å²) in [6.07, 6.45) is 4.73. The number of hydrogen-bond donors (Lipinski definition) is 3. The van der Waals surface area contributed by atoms with Gasteiger partial charge in [-0.3, -0.25) is 9.52 Å². The number of carbonyl (C=O) groups excluding carboxylic acids is 1. The molecule has 3 N–H and O–H groups in total. The molecule has 0 aliphatic rings. The van der Waals surface area contributed by atoms with Crippen molar-refractivity contribution in [2.24, 2.45) is 0 Å². The lowest BCUT2D eigenvalue weighted by molar-refractivity contribution is -0.115. The molecule has 154 valence electrons. The van der Waals surface area contributed by atoms with E-state index < -0.39 is 10.0 Å². The summed E-state index contributed by atoms with van der Waals surface area (Å²) in [4.78, 5) is 24.4. The molecule has 8 nitrogen and oxygen atoms in total. The number of fused-ring (bicyclic) bond motifs is 1. The Morgan fingerprint density at radius 1 is 1.30 bits per heavy atom. The Hall–Kier alpha value is -2.76. The minimum Gasteiger partial charge on any atom is -0.345 e. The number of anilines is 2. The number of carbonyl (C=O) groups is 1. The third-order valence-corrected chi connectivity index (χ3v) is 5.92. The van der Waals surface area contributed by atoms with E-state index in [2.05, 4.69) is 40.9 Å². The van der Waals surface area contributed by atoms with Crippen molar-refractivity contribution in [2.75, 3.05) is 16.3 Å². The first-order valence-corrected chi connectivity index (χ1v) is 12.3. The average molecular weight is 506 g/mol. The fraction of sp³-hybridized carbons (Fsp3) is 0.105. The molecule has 1 aromatic carbocycles. The van der Waals surface area contributed by atoms with Crippen LogP contribution in [0, 0.1) is 0 Å². The van der Waals surface area contributed by atoms with Crippen LogP contribution in [-0.4, -0.2) is 35.5 Å². The molecule has 0 saturated heterocycles. The van der Waals surface area contributed by atoms with E-state index in [9.17, 15) is 13.2 Å². The van der Waals surface area contributed by atoms with Gasteiger partial charge in [0.05, 0.1) is 18.4 Å². The second kappa shape index (κ2) is 8.17. The fourth-order valence-corrected chi connectivity index (χ4v) is 4.57. The van der Waals surface area contributed by atoms with Crippen LogP contribution in [0.2, 0.25) is 0 Å². The van der Waals surface area contributed by atoms with Crippen LogP contribution in [0.25, 0.3) is 22.3 Å². The van der Waals surface area contributed by atoms with Crippen LogP contribution in [0.5, 0.6) is 0 Å². The SMILES string of the molecule is CS(=O)(=O)Nc1cccc(CC(=O)Nc2nc(-c3c[nH]c4ncc(Br)cc34)cs2)c1. The average Bonchev–Trinajstić information content (AvgIpc) is 3.26. The van der Waals surface area contributed by atoms with E-state index in [4.69, 9.17) is 0 Å². The maximum Gasteiger partial charge on any atom is 0.230 e. The molecular formula is C19H16BrN5O3S2. The number of amides is 1. The van der Waals surface area contributed by atoms with Crippen LogP contribution < -0.4 is 10.0 Å². The van der Waals surface area contributed by atoms with Crippen LogP contribution in [0.1, 0.15) is 5.56 Å². The van der Waals surface area contributed by atoms with E-state index in [1.165, 1.54) is 11.3 Å². The molecule has 0 unspecified atom stereocenters. The van der Waals surface area contributed by atoms with Gasteiger partial charge in [0.1, 0.15) is 5.65 Å². The summed E-state index contributed by atoms with van der Waals surface area (Å²) < 4.78 is 26.0. The van der Waals surface area contributed by atoms with Crippen LogP contribution in [0.15, 0.2) is 52.6 Å². The number of pyridine rings is 1. The third-order valence-electron chi connectivity index (χ3n) is 4.12. The van der Waals surface area contributed by atoms with Crippen molar-refractivity contribution in [1.29, 1.82) is 0 Å². The number of aromatic amines is 1. The second-order valence-corrected chi connectivity index (χ2v) is 10.1. The summed E-state index contributed by atoms with van der Waals surface area (Å²) in [7, 11) is -3.38. The van der Waals surface area contributed by atoms with E-state index >= 15 is 0 Å². The molecule has 0 fully saturated rings. The summed E-state index contributed by atoms with van der Waals surface area (Å²) in [6, 6.07) is 8.68. The minimum absolute atomic E-state index is 0.0954. The van der Waals surface area contributed by atoms with Crippen molar-refractivity contribution in [3.8, 4) is 11.3 Å². The molecule has 0 aliphatic carbocycles. The number of benzene rings is 1. The Labute approximate surface area is 185 Å². The van der Waals surface area contributed by atoms with Crippen LogP contribution in [0.3, 0.4) is 0 Å². The molecular weight excluding hydrogens is 490 g/mol. The quantitative estimate of drug-likeness (QED) is 0.366. The first-order valence-electron chi connectivity index (χ1n) is 8.72. The van der Waals surface area contributed by atoms with Crippen LogP contribution in [-0.2, 0) is 21.2 Å². The van der Waals surface area contributed by atoms with Crippen molar-refractivity contribution in [1.82, 2.24) is 15.0 Å². The maximum absolute atomic E-state index is 12.4. The summed E-state index contributed by atoms with van der Waals surface area (Å²) in [5.41, 5.74) is 3.49. The van der Waals surface area contributed by atoms with Crippen molar-refractivity contribution >= 4 is 65.0 Å². The molecule has 0 saturated carbocycles. The van der Waals surface area contributed by atoms with Crippen LogP contribution >= 0.6 is 27.3 Å². The maximum atomic E-state index is 12.4. The number of H-pyrrole nitrogens is 1. The number of nitrogens with zero attached hydrogens (tertiary/aromatic N) is 2. The highest BCUT2D eigenvalue weighted by Crippen LogP contribution is 2.31. The lowest BCUT2D eigenvalue weighted by Gasteiger charge is -2.06. The summed E-state index contributed by atoms with van der Waals surface area (Å²) in [5.74, 6) is -0.240. The predicted molar refractivity (Wildman–Crippen MR) is 122 cm³/mol. The topological polar surface area (TPSA) is 117 Å². The third kappa shape index (κ3) is 4.86. The van der Waals surface area contributed by atoms with Gasteiger partial charge in [-0.25, -0.2) is 18.4 Å². The largest absolute Gasteiger partial charge is 0.345 e. The molecule has 0 radical (unpaired) electrons. The second-order valence-electron chi connectivity index (χ2n) is 6.59. The molecule has 4 rings (SSSR count). The lowest BCUT2D eigenvalue weighted by Crippen LogP contribution is -2.15. The van der Waals surface area contributed by atoms with Gasteiger partial charge in [-0.05, 0) is 39.7 Å². The van der Waals surface area contributed by atoms with Gasteiger partial charge in [-0.15, -0.1) is 11.3 Å². The molecule has 0 atom stereocenters. The molecule has 3 heterocycles. The Morgan fingerprint density at radius 2 is 2.13 bits per heavy atom. The highest BCUT2D eigenvalue weighted by Gasteiger charge is 2.13. The molecule has 30 heavy (non-hydrogen) atoms.